The first-order chi connectivity index (χ1) is 17.3. The SMILES string of the molecule is CN1C(=O)C(=NC(C/C=C/C(=O)OC(c2ccccc2)c2ccccc2)C(F)(F)F)c2ccccc21. The van der Waals surface area contributed by atoms with E-state index in [1.54, 1.807) is 48.5 Å². The number of esters is 1. The lowest BCUT2D eigenvalue weighted by molar-refractivity contribution is -0.146. The summed E-state index contributed by atoms with van der Waals surface area (Å²) in [4.78, 5) is 30.1. The van der Waals surface area contributed by atoms with Crippen molar-refractivity contribution in [3.8, 4) is 0 Å². The van der Waals surface area contributed by atoms with E-state index in [2.05, 4.69) is 4.99 Å². The zero-order valence-electron chi connectivity index (χ0n) is 19.4. The number of halogens is 3. The number of alkyl halides is 3. The van der Waals surface area contributed by atoms with Gasteiger partial charge in [0.1, 0.15) is 11.8 Å². The second kappa shape index (κ2) is 10.6. The van der Waals surface area contributed by atoms with Gasteiger partial charge in [-0.3, -0.25) is 9.79 Å². The van der Waals surface area contributed by atoms with Gasteiger partial charge in [-0.25, -0.2) is 4.79 Å². The van der Waals surface area contributed by atoms with Crippen LogP contribution >= 0.6 is 0 Å². The Morgan fingerprint density at radius 3 is 2.08 bits per heavy atom. The summed E-state index contributed by atoms with van der Waals surface area (Å²) >= 11 is 0. The number of likely N-dealkylation sites (N-methyl/N-ethyl adjacent to an activating group) is 1. The van der Waals surface area contributed by atoms with Gasteiger partial charge in [-0.2, -0.15) is 13.2 Å². The van der Waals surface area contributed by atoms with Crippen molar-refractivity contribution in [1.82, 2.24) is 0 Å². The number of aliphatic imine (C=N–C) groups is 1. The Hall–Kier alpha value is -4.20. The van der Waals surface area contributed by atoms with Gasteiger partial charge < -0.3 is 9.64 Å². The molecular weight excluding hydrogens is 469 g/mol. The van der Waals surface area contributed by atoms with Gasteiger partial charge in [-0.1, -0.05) is 84.9 Å². The van der Waals surface area contributed by atoms with Crippen molar-refractivity contribution in [2.45, 2.75) is 24.7 Å². The van der Waals surface area contributed by atoms with Gasteiger partial charge in [0.2, 0.25) is 0 Å². The molecule has 1 atom stereocenters. The van der Waals surface area contributed by atoms with Crippen molar-refractivity contribution in [2.75, 3.05) is 11.9 Å². The smallest absolute Gasteiger partial charge is 0.411 e. The Morgan fingerprint density at radius 1 is 0.944 bits per heavy atom. The molecule has 0 aliphatic carbocycles. The molecule has 1 unspecified atom stereocenters. The Morgan fingerprint density at radius 2 is 1.50 bits per heavy atom. The van der Waals surface area contributed by atoms with Crippen molar-refractivity contribution >= 4 is 23.3 Å². The molecule has 0 aromatic heterocycles. The molecule has 0 saturated heterocycles. The quantitative estimate of drug-likeness (QED) is 0.316. The molecule has 184 valence electrons. The maximum absolute atomic E-state index is 13.8. The maximum Gasteiger partial charge on any atom is 0.411 e. The molecule has 1 aliphatic rings. The summed E-state index contributed by atoms with van der Waals surface area (Å²) in [7, 11) is 1.48. The third-order valence-electron chi connectivity index (χ3n) is 5.74. The second-order valence-corrected chi connectivity index (χ2v) is 8.19. The number of carbonyl (C=O) groups is 2. The maximum atomic E-state index is 13.8. The summed E-state index contributed by atoms with van der Waals surface area (Å²) in [5.74, 6) is -1.40. The van der Waals surface area contributed by atoms with E-state index in [4.69, 9.17) is 4.74 Å². The molecule has 0 bridgehead atoms. The second-order valence-electron chi connectivity index (χ2n) is 8.19. The Balaban J connectivity index is 1.52. The number of carbonyl (C=O) groups excluding carboxylic acids is 2. The normalized spacial score (nSPS) is 15.5. The predicted octanol–water partition coefficient (Wildman–Crippen LogP) is 5.66. The summed E-state index contributed by atoms with van der Waals surface area (Å²) in [5, 5.41) is 0. The molecular formula is C28H23F3N2O3. The third kappa shape index (κ3) is 5.54. The molecule has 0 radical (unpaired) electrons. The van der Waals surface area contributed by atoms with Gasteiger partial charge in [0, 0.05) is 18.7 Å². The van der Waals surface area contributed by atoms with Gasteiger partial charge in [0.05, 0.1) is 5.69 Å². The van der Waals surface area contributed by atoms with Crippen molar-refractivity contribution in [1.29, 1.82) is 0 Å². The average molecular weight is 492 g/mol. The van der Waals surface area contributed by atoms with Crippen LogP contribution in [-0.4, -0.2) is 36.9 Å². The van der Waals surface area contributed by atoms with E-state index < -0.39 is 36.6 Å². The number of anilines is 1. The molecule has 3 aromatic rings. The number of fused-ring (bicyclic) bond motifs is 1. The molecule has 1 amide bonds. The minimum Gasteiger partial charge on any atom is -0.449 e. The van der Waals surface area contributed by atoms with Gasteiger partial charge >= 0.3 is 12.1 Å². The first-order valence-corrected chi connectivity index (χ1v) is 11.2. The molecule has 0 spiro atoms. The first kappa shape index (κ1) is 24.9. The van der Waals surface area contributed by atoms with Crippen LogP contribution in [-0.2, 0) is 14.3 Å². The highest BCUT2D eigenvalue weighted by Crippen LogP contribution is 2.32. The van der Waals surface area contributed by atoms with Crippen LogP contribution in [0.15, 0.2) is 102 Å². The van der Waals surface area contributed by atoms with Crippen molar-refractivity contribution in [3.63, 3.8) is 0 Å². The Kier molecular flexibility index (Phi) is 7.33. The number of amides is 1. The van der Waals surface area contributed by atoms with E-state index in [0.29, 0.717) is 11.3 Å². The summed E-state index contributed by atoms with van der Waals surface area (Å²) in [5.41, 5.74) is 2.05. The topological polar surface area (TPSA) is 59.0 Å². The van der Waals surface area contributed by atoms with Crippen LogP contribution in [0.4, 0.5) is 18.9 Å². The highest BCUT2D eigenvalue weighted by molar-refractivity contribution is 6.54. The molecule has 1 aliphatic heterocycles. The molecule has 1 heterocycles. The molecule has 0 fully saturated rings. The molecule has 4 rings (SSSR count). The molecule has 5 nitrogen and oxygen atoms in total. The fourth-order valence-corrected chi connectivity index (χ4v) is 3.92. The van der Waals surface area contributed by atoms with E-state index in [-0.39, 0.29) is 5.71 Å². The number of nitrogens with zero attached hydrogens (tertiary/aromatic N) is 2. The summed E-state index contributed by atoms with van der Waals surface area (Å²) in [6.07, 6.45) is -4.01. The lowest BCUT2D eigenvalue weighted by Crippen LogP contribution is -2.31. The third-order valence-corrected chi connectivity index (χ3v) is 5.74. The number of benzene rings is 3. The van der Waals surface area contributed by atoms with Crippen LogP contribution in [0.3, 0.4) is 0 Å². The number of hydrogen-bond acceptors (Lipinski definition) is 4. The molecule has 8 heteroatoms. The van der Waals surface area contributed by atoms with E-state index in [9.17, 15) is 22.8 Å². The van der Waals surface area contributed by atoms with E-state index in [0.717, 1.165) is 23.3 Å². The fourth-order valence-electron chi connectivity index (χ4n) is 3.92. The van der Waals surface area contributed by atoms with E-state index >= 15 is 0 Å². The average Bonchev–Trinajstić information content (AvgIpc) is 3.12. The molecule has 36 heavy (non-hydrogen) atoms. The predicted molar refractivity (Wildman–Crippen MR) is 131 cm³/mol. The standard InChI is InChI=1S/C28H23F3N2O3/c1-33-22-16-9-8-15-21(22)25(27(33)35)32-23(28(29,30)31)17-10-18-24(34)36-26(19-11-4-2-5-12-19)20-13-6-3-7-14-20/h2-16,18,23,26H,17H2,1H3/b18-10+,32-25?. The van der Waals surface area contributed by atoms with Crippen LogP contribution in [0.1, 0.15) is 29.2 Å². The lowest BCUT2D eigenvalue weighted by atomic mass is 10.0. The van der Waals surface area contributed by atoms with Crippen LogP contribution in [0, 0.1) is 0 Å². The van der Waals surface area contributed by atoms with Crippen LogP contribution in [0.25, 0.3) is 0 Å². The van der Waals surface area contributed by atoms with E-state index in [1.165, 1.54) is 11.9 Å². The number of para-hydroxylation sites is 1. The van der Waals surface area contributed by atoms with E-state index in [1.807, 2.05) is 36.4 Å². The summed E-state index contributed by atoms with van der Waals surface area (Å²) in [6, 6.07) is 22.4. The number of ether oxygens (including phenoxy) is 1. The highest BCUT2D eigenvalue weighted by Gasteiger charge is 2.41. The fraction of sp³-hybridized carbons (Fsp3) is 0.179. The van der Waals surface area contributed by atoms with Crippen LogP contribution < -0.4 is 4.90 Å². The lowest BCUT2D eigenvalue weighted by Gasteiger charge is -2.18. The van der Waals surface area contributed by atoms with Crippen molar-refractivity contribution < 1.29 is 27.5 Å². The minimum absolute atomic E-state index is 0.250. The van der Waals surface area contributed by atoms with Gasteiger partial charge in [-0.05, 0) is 23.6 Å². The minimum atomic E-state index is -4.71. The van der Waals surface area contributed by atoms with Gasteiger partial charge in [-0.15, -0.1) is 0 Å². The Labute approximate surface area is 206 Å². The highest BCUT2D eigenvalue weighted by atomic mass is 19.4. The number of rotatable bonds is 7. The van der Waals surface area contributed by atoms with Gasteiger partial charge in [0.25, 0.3) is 5.91 Å². The molecule has 0 saturated carbocycles. The largest absolute Gasteiger partial charge is 0.449 e. The monoisotopic (exact) mass is 492 g/mol. The van der Waals surface area contributed by atoms with Crippen molar-refractivity contribution in [2.24, 2.45) is 4.99 Å². The number of hydrogen-bond donors (Lipinski definition) is 0. The van der Waals surface area contributed by atoms with Gasteiger partial charge in [0.15, 0.2) is 6.10 Å². The summed E-state index contributed by atoms with van der Waals surface area (Å²) < 4.78 is 46.9. The zero-order valence-corrected chi connectivity index (χ0v) is 19.4. The van der Waals surface area contributed by atoms with Crippen molar-refractivity contribution in [3.05, 3.63) is 114 Å². The summed E-state index contributed by atoms with van der Waals surface area (Å²) in [6.45, 7) is 0. The molecule has 3 aromatic carbocycles. The van der Waals surface area contributed by atoms with Crippen LogP contribution in [0.2, 0.25) is 0 Å². The molecule has 0 N–H and O–H groups in total. The first-order valence-electron chi connectivity index (χ1n) is 11.2. The zero-order chi connectivity index (χ0) is 25.7. The Bertz CT molecular complexity index is 1250. The van der Waals surface area contributed by atoms with Crippen LogP contribution in [0.5, 0.6) is 0 Å².